The lowest BCUT2D eigenvalue weighted by atomic mass is 10.1. The van der Waals surface area contributed by atoms with E-state index in [1.165, 1.54) is 0 Å². The summed E-state index contributed by atoms with van der Waals surface area (Å²) >= 11 is 0. The maximum atomic E-state index is 12.0. The van der Waals surface area contributed by atoms with Crippen LogP contribution in [-0.2, 0) is 9.59 Å². The number of nitrogens with one attached hydrogen (secondary N) is 2. The van der Waals surface area contributed by atoms with Crippen LogP contribution in [0.4, 0.5) is 11.9 Å². The van der Waals surface area contributed by atoms with Crippen LogP contribution < -0.4 is 15.5 Å². The molecule has 3 fully saturated rings. The van der Waals surface area contributed by atoms with Crippen molar-refractivity contribution in [3.63, 3.8) is 0 Å². The highest BCUT2D eigenvalue weighted by molar-refractivity contribution is 6.15. The summed E-state index contributed by atoms with van der Waals surface area (Å²) in [4.78, 5) is 35.3. The van der Waals surface area contributed by atoms with Gasteiger partial charge in [-0.3, -0.25) is 14.9 Å². The van der Waals surface area contributed by atoms with Crippen LogP contribution in [-0.4, -0.2) is 50.0 Å². The molecule has 10 heteroatoms. The summed E-state index contributed by atoms with van der Waals surface area (Å²) in [6.07, 6.45) is 10.4. The Kier molecular flexibility index (Phi) is 5.02. The minimum absolute atomic E-state index is 0.0532. The van der Waals surface area contributed by atoms with Gasteiger partial charge < -0.3 is 10.2 Å². The number of carbonyl (C=O) groups excluding carboxylic acids is 2. The molecule has 0 atom stereocenters. The summed E-state index contributed by atoms with van der Waals surface area (Å²) in [6.45, 7) is 0.571. The Bertz CT molecular complexity index is 1100. The summed E-state index contributed by atoms with van der Waals surface area (Å²) in [5.41, 5.74) is 1.63. The van der Waals surface area contributed by atoms with E-state index in [-0.39, 0.29) is 18.2 Å². The lowest BCUT2D eigenvalue weighted by molar-refractivity contribution is -0.124. The highest BCUT2D eigenvalue weighted by Gasteiger charge is 2.29. The van der Waals surface area contributed by atoms with Crippen LogP contribution in [0.2, 0.25) is 0 Å². The molecule has 160 valence electrons. The molecule has 3 aliphatic rings. The Morgan fingerprint density at radius 1 is 1.26 bits per heavy atom. The van der Waals surface area contributed by atoms with E-state index in [4.69, 9.17) is 15.2 Å². The lowest BCUT2D eigenvalue weighted by Crippen LogP contribution is -2.36. The van der Waals surface area contributed by atoms with Crippen LogP contribution in [0.15, 0.2) is 11.8 Å². The summed E-state index contributed by atoms with van der Waals surface area (Å²) < 4.78 is 1.65. The van der Waals surface area contributed by atoms with Gasteiger partial charge in [-0.15, -0.1) is 0 Å². The van der Waals surface area contributed by atoms with Gasteiger partial charge in [0.1, 0.15) is 0 Å². The predicted molar refractivity (Wildman–Crippen MR) is 113 cm³/mol. The molecule has 2 saturated carbocycles. The molecule has 31 heavy (non-hydrogen) atoms. The van der Waals surface area contributed by atoms with Gasteiger partial charge in [-0.1, -0.05) is 12.8 Å². The van der Waals surface area contributed by atoms with Crippen LogP contribution in [0.3, 0.4) is 0 Å². The summed E-state index contributed by atoms with van der Waals surface area (Å²) in [5, 5.41) is 19.3. The standard InChI is InChI=1S/C21H24N8O2/c22-8-3-9-28(16-4-1-2-5-16)20-26-18-14(10-13-11-17(30)25-19(13)31)12-23-29(18)21(27-20)24-15-6-7-15/h10,12,15-16H,1-7,9,11H2,(H,24,26,27)(H,25,30,31)/b13-10+. The second-order valence-corrected chi connectivity index (χ2v) is 8.36. The topological polar surface area (TPSA) is 128 Å². The Hall–Kier alpha value is -3.48. The Morgan fingerprint density at radius 3 is 2.74 bits per heavy atom. The van der Waals surface area contributed by atoms with Crippen molar-refractivity contribution in [1.29, 1.82) is 5.26 Å². The van der Waals surface area contributed by atoms with E-state index in [0.717, 1.165) is 38.5 Å². The SMILES string of the molecule is N#CCCN(c1nc(NC2CC2)n2ncc(/C=C3\CC(=O)NC3=O)c2n1)C1CCCC1. The van der Waals surface area contributed by atoms with Gasteiger partial charge in [-0.25, -0.2) is 0 Å². The first-order chi connectivity index (χ1) is 15.1. The first-order valence-electron chi connectivity index (χ1n) is 10.8. The third-order valence-electron chi connectivity index (χ3n) is 6.01. The second kappa shape index (κ2) is 7.98. The maximum absolute atomic E-state index is 12.0. The van der Waals surface area contributed by atoms with Gasteiger partial charge in [0.05, 0.1) is 25.1 Å². The number of hydrogen-bond donors (Lipinski definition) is 2. The normalized spacial score (nSPS) is 20.4. The number of aromatic nitrogens is 4. The number of anilines is 2. The van der Waals surface area contributed by atoms with Gasteiger partial charge in [0.2, 0.25) is 17.8 Å². The monoisotopic (exact) mass is 420 g/mol. The Morgan fingerprint density at radius 2 is 2.06 bits per heavy atom. The third-order valence-corrected chi connectivity index (χ3v) is 6.01. The van der Waals surface area contributed by atoms with Crippen LogP contribution in [0.25, 0.3) is 11.7 Å². The van der Waals surface area contributed by atoms with Crippen molar-refractivity contribution in [3.05, 3.63) is 17.3 Å². The minimum atomic E-state index is -0.378. The van der Waals surface area contributed by atoms with Gasteiger partial charge >= 0.3 is 0 Å². The molecule has 2 aromatic heterocycles. The van der Waals surface area contributed by atoms with Crippen molar-refractivity contribution in [2.45, 2.75) is 63.5 Å². The Labute approximate surface area is 179 Å². The molecule has 0 bridgehead atoms. The van der Waals surface area contributed by atoms with Crippen LogP contribution in [0.5, 0.6) is 0 Å². The van der Waals surface area contributed by atoms with Gasteiger partial charge in [0, 0.05) is 29.8 Å². The number of fused-ring (bicyclic) bond motifs is 1. The van der Waals surface area contributed by atoms with E-state index in [1.807, 2.05) is 0 Å². The molecule has 1 aliphatic heterocycles. The number of nitrogens with zero attached hydrogens (tertiary/aromatic N) is 6. The smallest absolute Gasteiger partial charge is 0.254 e. The lowest BCUT2D eigenvalue weighted by Gasteiger charge is -2.28. The molecule has 5 rings (SSSR count). The number of nitriles is 1. The molecule has 2 aliphatic carbocycles. The van der Waals surface area contributed by atoms with E-state index < -0.39 is 0 Å². The highest BCUT2D eigenvalue weighted by atomic mass is 16.2. The van der Waals surface area contributed by atoms with Gasteiger partial charge in [-0.2, -0.15) is 24.8 Å². The predicted octanol–water partition coefficient (Wildman–Crippen LogP) is 1.79. The van der Waals surface area contributed by atoms with Crippen molar-refractivity contribution in [3.8, 4) is 6.07 Å². The number of imide groups is 1. The average molecular weight is 420 g/mol. The van der Waals surface area contributed by atoms with E-state index >= 15 is 0 Å². The van der Waals surface area contributed by atoms with E-state index in [0.29, 0.717) is 53.7 Å². The fourth-order valence-corrected chi connectivity index (χ4v) is 4.26. The molecule has 10 nitrogen and oxygen atoms in total. The molecular weight excluding hydrogens is 396 g/mol. The average Bonchev–Trinajstić information content (AvgIpc) is 3.12. The molecule has 3 heterocycles. The third kappa shape index (κ3) is 3.95. The quantitative estimate of drug-likeness (QED) is 0.512. The largest absolute Gasteiger partial charge is 0.351 e. The maximum Gasteiger partial charge on any atom is 0.254 e. The molecule has 2 aromatic rings. The van der Waals surface area contributed by atoms with Crippen molar-refractivity contribution in [1.82, 2.24) is 24.9 Å². The van der Waals surface area contributed by atoms with E-state index in [1.54, 1.807) is 16.8 Å². The number of rotatable bonds is 7. The molecule has 0 unspecified atom stereocenters. The van der Waals surface area contributed by atoms with Crippen LogP contribution in [0, 0.1) is 11.3 Å². The first kappa shape index (κ1) is 19.5. The summed E-state index contributed by atoms with van der Waals surface area (Å²) in [7, 11) is 0. The molecular formula is C21H24N8O2. The molecule has 2 N–H and O–H groups in total. The van der Waals surface area contributed by atoms with Crippen molar-refractivity contribution >= 4 is 35.4 Å². The van der Waals surface area contributed by atoms with Crippen molar-refractivity contribution < 1.29 is 9.59 Å². The minimum Gasteiger partial charge on any atom is -0.351 e. The fraction of sp³-hybridized carbons (Fsp3) is 0.524. The molecule has 0 radical (unpaired) electrons. The summed E-state index contributed by atoms with van der Waals surface area (Å²) in [6, 6.07) is 2.91. The van der Waals surface area contributed by atoms with Crippen molar-refractivity contribution in [2.75, 3.05) is 16.8 Å². The fourth-order valence-electron chi connectivity index (χ4n) is 4.26. The van der Waals surface area contributed by atoms with Gasteiger partial charge in [0.25, 0.3) is 5.91 Å². The Balaban J connectivity index is 1.59. The zero-order valence-electron chi connectivity index (χ0n) is 17.2. The van der Waals surface area contributed by atoms with Crippen LogP contribution in [0.1, 0.15) is 56.9 Å². The van der Waals surface area contributed by atoms with E-state index in [2.05, 4.69) is 26.7 Å². The molecule has 2 amide bonds. The van der Waals surface area contributed by atoms with Gasteiger partial charge in [-0.05, 0) is 31.8 Å². The number of amides is 2. The zero-order valence-corrected chi connectivity index (χ0v) is 17.2. The molecule has 0 spiro atoms. The molecule has 1 saturated heterocycles. The number of carbonyl (C=O) groups is 2. The first-order valence-corrected chi connectivity index (χ1v) is 10.8. The zero-order chi connectivity index (χ0) is 21.4. The second-order valence-electron chi connectivity index (χ2n) is 8.36. The number of hydrogen-bond acceptors (Lipinski definition) is 8. The van der Waals surface area contributed by atoms with E-state index in [9.17, 15) is 9.59 Å². The van der Waals surface area contributed by atoms with Crippen molar-refractivity contribution in [2.24, 2.45) is 0 Å². The highest BCUT2D eigenvalue weighted by Crippen LogP contribution is 2.30. The summed E-state index contributed by atoms with van der Waals surface area (Å²) in [5.74, 6) is 0.503. The van der Waals surface area contributed by atoms with Crippen LogP contribution >= 0.6 is 0 Å². The van der Waals surface area contributed by atoms with Gasteiger partial charge in [0.15, 0.2) is 5.65 Å². The molecule has 0 aromatic carbocycles.